The van der Waals surface area contributed by atoms with E-state index >= 15 is 0 Å². The molecule has 22 heavy (non-hydrogen) atoms. The highest BCUT2D eigenvalue weighted by Crippen LogP contribution is 2.19. The van der Waals surface area contributed by atoms with Crippen molar-refractivity contribution in [3.8, 4) is 0 Å². The molecule has 0 unspecified atom stereocenters. The fraction of sp³-hybridized carbons (Fsp3) is 0.412. The van der Waals surface area contributed by atoms with Crippen molar-refractivity contribution in [2.24, 2.45) is 5.92 Å². The molecule has 3 rings (SSSR count). The van der Waals surface area contributed by atoms with Crippen molar-refractivity contribution in [2.75, 3.05) is 13.6 Å². The fourth-order valence-corrected chi connectivity index (χ4v) is 3.01. The van der Waals surface area contributed by atoms with Crippen LogP contribution in [0.4, 0.5) is 4.39 Å². The maximum atomic E-state index is 13.6. The molecule has 116 valence electrons. The molecule has 1 atom stereocenters. The van der Waals surface area contributed by atoms with Crippen LogP contribution in [-0.4, -0.2) is 34.0 Å². The highest BCUT2D eigenvalue weighted by molar-refractivity contribution is 5.78. The molecule has 0 radical (unpaired) electrons. The van der Waals surface area contributed by atoms with Crippen LogP contribution in [0, 0.1) is 11.7 Å². The van der Waals surface area contributed by atoms with Crippen molar-refractivity contribution in [3.63, 3.8) is 0 Å². The molecule has 5 heteroatoms. The summed E-state index contributed by atoms with van der Waals surface area (Å²) < 4.78 is 15.8. The molecule has 0 N–H and O–H groups in total. The van der Waals surface area contributed by atoms with E-state index in [-0.39, 0.29) is 18.1 Å². The van der Waals surface area contributed by atoms with E-state index in [4.69, 9.17) is 0 Å². The van der Waals surface area contributed by atoms with E-state index in [2.05, 4.69) is 9.55 Å². The fourth-order valence-electron chi connectivity index (χ4n) is 3.01. The van der Waals surface area contributed by atoms with Gasteiger partial charge in [0.2, 0.25) is 5.91 Å². The lowest BCUT2D eigenvalue weighted by Gasteiger charge is -2.28. The summed E-state index contributed by atoms with van der Waals surface area (Å²) in [4.78, 5) is 18.3. The Kier molecular flexibility index (Phi) is 4.22. The molecular formula is C17H20FN3O. The van der Waals surface area contributed by atoms with E-state index in [1.54, 1.807) is 30.1 Å². The molecule has 1 aliphatic heterocycles. The zero-order chi connectivity index (χ0) is 15.5. The number of aryl methyl sites for hydroxylation is 1. The predicted molar refractivity (Wildman–Crippen MR) is 81.8 cm³/mol. The highest BCUT2D eigenvalue weighted by Gasteiger charge is 2.22. The summed E-state index contributed by atoms with van der Waals surface area (Å²) in [5, 5.41) is 0. The molecule has 4 nitrogen and oxygen atoms in total. The van der Waals surface area contributed by atoms with Crippen molar-refractivity contribution in [1.29, 1.82) is 0 Å². The Labute approximate surface area is 129 Å². The first kappa shape index (κ1) is 14.8. The van der Waals surface area contributed by atoms with Crippen molar-refractivity contribution in [1.82, 2.24) is 14.5 Å². The molecule has 1 aromatic carbocycles. The number of benzene rings is 1. The number of hydrogen-bond donors (Lipinski definition) is 0. The summed E-state index contributed by atoms with van der Waals surface area (Å²) >= 11 is 0. The Morgan fingerprint density at radius 1 is 1.45 bits per heavy atom. The smallest absolute Gasteiger partial charge is 0.226 e. The van der Waals surface area contributed by atoms with Gasteiger partial charge >= 0.3 is 0 Å². The number of amides is 1. The Morgan fingerprint density at radius 3 is 3.09 bits per heavy atom. The van der Waals surface area contributed by atoms with Crippen molar-refractivity contribution < 1.29 is 9.18 Å². The Morgan fingerprint density at radius 2 is 2.27 bits per heavy atom. The molecular weight excluding hydrogens is 281 g/mol. The topological polar surface area (TPSA) is 38.1 Å². The number of nitrogens with zero attached hydrogens (tertiary/aromatic N) is 3. The summed E-state index contributed by atoms with van der Waals surface area (Å²) in [6.45, 7) is 1.59. The van der Waals surface area contributed by atoms with Gasteiger partial charge in [-0.05, 0) is 24.0 Å². The lowest BCUT2D eigenvalue weighted by molar-refractivity contribution is -0.129. The average molecular weight is 301 g/mol. The number of rotatable bonds is 4. The van der Waals surface area contributed by atoms with Gasteiger partial charge in [0.25, 0.3) is 0 Å². The van der Waals surface area contributed by atoms with Crippen LogP contribution in [0.25, 0.3) is 0 Å². The van der Waals surface area contributed by atoms with Gasteiger partial charge in [-0.25, -0.2) is 9.37 Å². The minimum absolute atomic E-state index is 0.0403. The Hall–Kier alpha value is -2.17. The second-order valence-corrected chi connectivity index (χ2v) is 5.94. The number of hydrogen-bond acceptors (Lipinski definition) is 2. The summed E-state index contributed by atoms with van der Waals surface area (Å²) in [7, 11) is 1.80. The molecule has 1 aliphatic rings. The zero-order valence-corrected chi connectivity index (χ0v) is 12.7. The third-order valence-corrected chi connectivity index (χ3v) is 4.29. The van der Waals surface area contributed by atoms with Gasteiger partial charge in [-0.3, -0.25) is 4.79 Å². The maximum absolute atomic E-state index is 13.6. The minimum atomic E-state index is -0.315. The average Bonchev–Trinajstić information content (AvgIpc) is 2.97. The second-order valence-electron chi connectivity index (χ2n) is 5.94. The molecule has 0 fully saturated rings. The largest absolute Gasteiger partial charge is 0.345 e. The number of carbonyl (C=O) groups is 1. The van der Waals surface area contributed by atoms with Gasteiger partial charge in [0, 0.05) is 39.0 Å². The summed E-state index contributed by atoms with van der Waals surface area (Å²) in [6, 6.07) is 6.45. The lowest BCUT2D eigenvalue weighted by Crippen LogP contribution is -2.36. The van der Waals surface area contributed by atoms with E-state index < -0.39 is 0 Å². The van der Waals surface area contributed by atoms with Gasteiger partial charge in [-0.1, -0.05) is 18.2 Å². The van der Waals surface area contributed by atoms with Gasteiger partial charge in [0.05, 0.1) is 6.42 Å². The number of aromatic nitrogens is 2. The van der Waals surface area contributed by atoms with Crippen LogP contribution in [0.15, 0.2) is 36.7 Å². The summed E-state index contributed by atoms with van der Waals surface area (Å²) in [6.07, 6.45) is 5.92. The normalized spacial score (nSPS) is 17.1. The van der Waals surface area contributed by atoms with E-state index in [1.807, 2.05) is 12.4 Å². The third-order valence-electron chi connectivity index (χ3n) is 4.29. The predicted octanol–water partition coefficient (Wildman–Crippen LogP) is 2.29. The Balaban J connectivity index is 1.57. The highest BCUT2D eigenvalue weighted by atomic mass is 19.1. The van der Waals surface area contributed by atoms with Crippen LogP contribution < -0.4 is 0 Å². The van der Waals surface area contributed by atoms with Gasteiger partial charge in [-0.2, -0.15) is 0 Å². The molecule has 0 aliphatic carbocycles. The first-order chi connectivity index (χ1) is 10.6. The van der Waals surface area contributed by atoms with Crippen LogP contribution in [0.5, 0.6) is 0 Å². The van der Waals surface area contributed by atoms with Crippen molar-refractivity contribution >= 4 is 5.91 Å². The first-order valence-corrected chi connectivity index (χ1v) is 7.61. The number of imidazole rings is 1. The van der Waals surface area contributed by atoms with Crippen molar-refractivity contribution in [2.45, 2.75) is 25.8 Å². The number of likely N-dealkylation sites (N-methyl/N-ethyl adjacent to an activating group) is 1. The Bertz CT molecular complexity index is 667. The number of fused-ring (bicyclic) bond motifs is 1. The van der Waals surface area contributed by atoms with E-state index in [0.29, 0.717) is 18.0 Å². The standard InChI is InChI=1S/C17H20FN3O/c1-20(17(22)10-14-4-2-3-5-15(14)18)11-13-6-7-16-19-8-9-21(16)12-13/h2-5,8-9,13H,6-7,10-12H2,1H3/t13-/m1/s1. The number of halogens is 1. The van der Waals surface area contributed by atoms with Gasteiger partial charge < -0.3 is 9.47 Å². The second kappa shape index (κ2) is 6.30. The van der Waals surface area contributed by atoms with E-state index in [0.717, 1.165) is 25.2 Å². The maximum Gasteiger partial charge on any atom is 0.226 e. The van der Waals surface area contributed by atoms with E-state index in [1.165, 1.54) is 6.07 Å². The molecule has 2 aromatic rings. The summed E-state index contributed by atoms with van der Waals surface area (Å²) in [5.41, 5.74) is 0.458. The van der Waals surface area contributed by atoms with Gasteiger partial charge in [0.1, 0.15) is 11.6 Å². The minimum Gasteiger partial charge on any atom is -0.345 e. The third kappa shape index (κ3) is 3.18. The monoisotopic (exact) mass is 301 g/mol. The van der Waals surface area contributed by atoms with Crippen LogP contribution in [-0.2, 0) is 24.2 Å². The molecule has 0 bridgehead atoms. The van der Waals surface area contributed by atoms with Gasteiger partial charge in [-0.15, -0.1) is 0 Å². The SMILES string of the molecule is CN(C[C@H]1CCc2nccn2C1)C(=O)Cc1ccccc1F. The quantitative estimate of drug-likeness (QED) is 0.869. The lowest BCUT2D eigenvalue weighted by atomic mass is 9.98. The molecule has 1 aromatic heterocycles. The van der Waals surface area contributed by atoms with E-state index in [9.17, 15) is 9.18 Å². The summed E-state index contributed by atoms with van der Waals surface area (Å²) in [5.74, 6) is 1.19. The van der Waals surface area contributed by atoms with Crippen molar-refractivity contribution in [3.05, 3.63) is 53.9 Å². The molecule has 1 amide bonds. The van der Waals surface area contributed by atoms with Crippen LogP contribution >= 0.6 is 0 Å². The zero-order valence-electron chi connectivity index (χ0n) is 12.7. The molecule has 0 saturated heterocycles. The van der Waals surface area contributed by atoms with Gasteiger partial charge in [0.15, 0.2) is 0 Å². The molecule has 2 heterocycles. The van der Waals surface area contributed by atoms with Crippen LogP contribution in [0.3, 0.4) is 0 Å². The van der Waals surface area contributed by atoms with Crippen LogP contribution in [0.2, 0.25) is 0 Å². The number of carbonyl (C=O) groups excluding carboxylic acids is 1. The molecule has 0 saturated carbocycles. The first-order valence-electron chi connectivity index (χ1n) is 7.61. The molecule has 0 spiro atoms. The van der Waals surface area contributed by atoms with Crippen LogP contribution in [0.1, 0.15) is 17.8 Å².